The molecule has 0 atom stereocenters. The summed E-state index contributed by atoms with van der Waals surface area (Å²) in [6, 6.07) is 0. The van der Waals surface area contributed by atoms with Gasteiger partial charge in [0.25, 0.3) is 0 Å². The van der Waals surface area contributed by atoms with Crippen molar-refractivity contribution in [2.24, 2.45) is 0 Å². The zero-order valence-corrected chi connectivity index (χ0v) is 7.44. The molecule has 2 N–H and O–H groups in total. The molecule has 0 amide bonds. The van der Waals surface area contributed by atoms with E-state index < -0.39 is 0 Å². The predicted molar refractivity (Wildman–Crippen MR) is 41.9 cm³/mol. The Labute approximate surface area is 70.6 Å². The summed E-state index contributed by atoms with van der Waals surface area (Å²) in [6.07, 6.45) is 0. The van der Waals surface area contributed by atoms with Gasteiger partial charge in [-0.3, -0.25) is 5.10 Å². The van der Waals surface area contributed by atoms with Gasteiger partial charge in [0.1, 0.15) is 0 Å². The van der Waals surface area contributed by atoms with E-state index in [1.807, 2.05) is 0 Å². The zero-order chi connectivity index (χ0) is 7.40. The third kappa shape index (κ3) is 2.28. The van der Waals surface area contributed by atoms with Gasteiger partial charge in [0, 0.05) is 5.75 Å². The molecule has 1 aromatic rings. The van der Waals surface area contributed by atoms with Crippen LogP contribution in [0.15, 0.2) is 9.89 Å². The summed E-state index contributed by atoms with van der Waals surface area (Å²) in [6.45, 7) is 0.150. The number of aromatic amines is 1. The van der Waals surface area contributed by atoms with Crippen LogP contribution < -0.4 is 0 Å². The number of aliphatic hydroxyl groups excluding tert-OH is 1. The summed E-state index contributed by atoms with van der Waals surface area (Å²) in [5.74, 6) is 0.629. The van der Waals surface area contributed by atoms with Gasteiger partial charge >= 0.3 is 0 Å². The quantitative estimate of drug-likeness (QED) is 0.740. The fourth-order valence-electron chi connectivity index (χ4n) is 0.429. The Hall–Kier alpha value is -0.0700. The van der Waals surface area contributed by atoms with E-state index in [4.69, 9.17) is 5.11 Å². The largest absolute Gasteiger partial charge is 0.396 e. The van der Waals surface area contributed by atoms with Crippen molar-refractivity contribution < 1.29 is 5.11 Å². The van der Waals surface area contributed by atoms with Crippen LogP contribution in [0.5, 0.6) is 0 Å². The Morgan fingerprint density at radius 1 is 1.70 bits per heavy atom. The van der Waals surface area contributed by atoms with Crippen LogP contribution in [-0.2, 0) is 0 Å². The Kier molecular flexibility index (Phi) is 3.17. The van der Waals surface area contributed by atoms with Crippen LogP contribution in [0, 0.1) is 0 Å². The van der Waals surface area contributed by atoms with E-state index in [0.717, 1.165) is 0 Å². The summed E-state index contributed by atoms with van der Waals surface area (Å²) in [5, 5.41) is 15.5. The van der Waals surface area contributed by atoms with E-state index in [1.165, 1.54) is 11.8 Å². The van der Waals surface area contributed by atoms with E-state index in [9.17, 15) is 0 Å². The summed E-state index contributed by atoms with van der Waals surface area (Å²) in [5.41, 5.74) is 0. The van der Waals surface area contributed by atoms with Crippen molar-refractivity contribution in [1.82, 2.24) is 15.2 Å². The lowest BCUT2D eigenvalue weighted by Crippen LogP contribution is -1.86. The number of aromatic nitrogens is 3. The average molecular weight is 224 g/mol. The minimum Gasteiger partial charge on any atom is -0.396 e. The van der Waals surface area contributed by atoms with Crippen molar-refractivity contribution in [1.29, 1.82) is 0 Å². The second-order valence-electron chi connectivity index (χ2n) is 1.48. The first-order chi connectivity index (χ1) is 4.83. The molecular formula is C4H6BrN3OS. The number of aliphatic hydroxyl groups is 1. The third-order valence-corrected chi connectivity index (χ3v) is 1.94. The highest BCUT2D eigenvalue weighted by Gasteiger charge is 1.98. The first-order valence-electron chi connectivity index (χ1n) is 2.64. The van der Waals surface area contributed by atoms with Crippen molar-refractivity contribution in [2.75, 3.05) is 12.4 Å². The molecular weight excluding hydrogens is 218 g/mol. The lowest BCUT2D eigenvalue weighted by molar-refractivity contribution is 0.322. The molecule has 4 nitrogen and oxygen atoms in total. The molecule has 0 saturated carbocycles. The topological polar surface area (TPSA) is 61.8 Å². The number of H-pyrrole nitrogens is 1. The highest BCUT2D eigenvalue weighted by molar-refractivity contribution is 9.10. The van der Waals surface area contributed by atoms with Gasteiger partial charge in [0.15, 0.2) is 4.73 Å². The van der Waals surface area contributed by atoms with Crippen molar-refractivity contribution in [3.8, 4) is 0 Å². The van der Waals surface area contributed by atoms with Crippen LogP contribution in [0.4, 0.5) is 0 Å². The molecule has 1 aromatic heterocycles. The molecule has 10 heavy (non-hydrogen) atoms. The molecule has 0 saturated heterocycles. The molecule has 0 aromatic carbocycles. The standard InChI is InChI=1S/C4H6BrN3OS/c5-3-6-4(8-7-3)10-2-1-9/h9H,1-2H2,(H,6,7,8). The Morgan fingerprint density at radius 3 is 3.00 bits per heavy atom. The Morgan fingerprint density at radius 2 is 2.50 bits per heavy atom. The second kappa shape index (κ2) is 3.95. The molecule has 0 radical (unpaired) electrons. The third-order valence-electron chi connectivity index (χ3n) is 0.760. The minimum absolute atomic E-state index is 0.150. The SMILES string of the molecule is OCCSc1n[nH]c(Br)n1. The highest BCUT2D eigenvalue weighted by Crippen LogP contribution is 2.12. The van der Waals surface area contributed by atoms with Crippen molar-refractivity contribution in [3.05, 3.63) is 4.73 Å². The van der Waals surface area contributed by atoms with E-state index in [2.05, 4.69) is 31.1 Å². The molecule has 1 heterocycles. The predicted octanol–water partition coefficient (Wildman–Crippen LogP) is 0.652. The normalized spacial score (nSPS) is 10.2. The maximum absolute atomic E-state index is 8.44. The van der Waals surface area contributed by atoms with Gasteiger partial charge in [-0.15, -0.1) is 5.10 Å². The molecule has 56 valence electrons. The molecule has 0 unspecified atom stereocenters. The van der Waals surface area contributed by atoms with E-state index >= 15 is 0 Å². The molecule has 0 fully saturated rings. The van der Waals surface area contributed by atoms with Gasteiger partial charge in [-0.1, -0.05) is 11.8 Å². The molecule has 0 bridgehead atoms. The Balaban J connectivity index is 2.42. The number of nitrogens with one attached hydrogen (secondary N) is 1. The van der Waals surface area contributed by atoms with E-state index in [1.54, 1.807) is 0 Å². The number of rotatable bonds is 3. The van der Waals surface area contributed by atoms with Crippen molar-refractivity contribution in [2.45, 2.75) is 5.16 Å². The maximum Gasteiger partial charge on any atom is 0.209 e. The molecule has 0 aliphatic heterocycles. The summed E-state index contributed by atoms with van der Waals surface area (Å²) in [4.78, 5) is 3.95. The van der Waals surface area contributed by atoms with Gasteiger partial charge in [-0.05, 0) is 15.9 Å². The van der Waals surface area contributed by atoms with Crippen LogP contribution in [0.1, 0.15) is 0 Å². The minimum atomic E-state index is 0.150. The van der Waals surface area contributed by atoms with Crippen molar-refractivity contribution in [3.63, 3.8) is 0 Å². The van der Waals surface area contributed by atoms with Crippen LogP contribution >= 0.6 is 27.7 Å². The van der Waals surface area contributed by atoms with E-state index in [-0.39, 0.29) is 6.61 Å². The molecule has 1 rings (SSSR count). The number of halogens is 1. The molecule has 0 aliphatic rings. The lowest BCUT2D eigenvalue weighted by atomic mass is 10.9. The van der Waals surface area contributed by atoms with Crippen LogP contribution in [0.3, 0.4) is 0 Å². The van der Waals surface area contributed by atoms with Crippen LogP contribution in [0.2, 0.25) is 0 Å². The smallest absolute Gasteiger partial charge is 0.209 e. The highest BCUT2D eigenvalue weighted by atomic mass is 79.9. The fraction of sp³-hybridized carbons (Fsp3) is 0.500. The van der Waals surface area contributed by atoms with Gasteiger partial charge in [-0.25, -0.2) is 0 Å². The zero-order valence-electron chi connectivity index (χ0n) is 5.04. The second-order valence-corrected chi connectivity index (χ2v) is 3.29. The first-order valence-corrected chi connectivity index (χ1v) is 4.42. The number of hydrogen-bond donors (Lipinski definition) is 2. The first kappa shape index (κ1) is 8.03. The number of hydrogen-bond acceptors (Lipinski definition) is 4. The number of thioether (sulfide) groups is 1. The molecule has 0 spiro atoms. The van der Waals surface area contributed by atoms with E-state index in [0.29, 0.717) is 15.6 Å². The molecule has 6 heteroatoms. The van der Waals surface area contributed by atoms with Crippen molar-refractivity contribution >= 4 is 27.7 Å². The maximum atomic E-state index is 8.44. The molecule has 0 aliphatic carbocycles. The summed E-state index contributed by atoms with van der Waals surface area (Å²) < 4.78 is 0.618. The summed E-state index contributed by atoms with van der Waals surface area (Å²) in [7, 11) is 0. The van der Waals surface area contributed by atoms with Gasteiger partial charge in [0.05, 0.1) is 6.61 Å². The van der Waals surface area contributed by atoms with Crippen LogP contribution in [0.25, 0.3) is 0 Å². The monoisotopic (exact) mass is 223 g/mol. The average Bonchev–Trinajstić information content (AvgIpc) is 2.31. The lowest BCUT2D eigenvalue weighted by Gasteiger charge is -1.87. The van der Waals surface area contributed by atoms with Gasteiger partial charge in [-0.2, -0.15) is 4.98 Å². The van der Waals surface area contributed by atoms with Crippen LogP contribution in [-0.4, -0.2) is 32.6 Å². The number of nitrogens with zero attached hydrogens (tertiary/aromatic N) is 2. The van der Waals surface area contributed by atoms with Gasteiger partial charge in [0.2, 0.25) is 5.16 Å². The Bertz CT molecular complexity index is 204. The fourth-order valence-corrected chi connectivity index (χ4v) is 1.34. The summed E-state index contributed by atoms with van der Waals surface area (Å²) >= 11 is 4.53. The van der Waals surface area contributed by atoms with Gasteiger partial charge < -0.3 is 5.11 Å².